The summed E-state index contributed by atoms with van der Waals surface area (Å²) in [6, 6.07) is -1.06. The molecule has 0 aliphatic carbocycles. The van der Waals surface area contributed by atoms with Crippen LogP contribution in [-0.4, -0.2) is 96.3 Å². The normalized spacial score (nSPS) is 15.8. The number of piperazine rings is 1. The van der Waals surface area contributed by atoms with Crippen molar-refractivity contribution < 1.29 is 37.9 Å². The first-order chi connectivity index (χ1) is 11.5. The van der Waals surface area contributed by atoms with E-state index >= 15 is 0 Å². The van der Waals surface area contributed by atoms with Crippen LogP contribution in [0.25, 0.3) is 0 Å². The van der Waals surface area contributed by atoms with Crippen molar-refractivity contribution >= 4 is 22.1 Å². The second-order valence-electron chi connectivity index (χ2n) is 5.06. The van der Waals surface area contributed by atoms with Crippen LogP contribution in [-0.2, 0) is 19.7 Å². The highest BCUT2D eigenvalue weighted by atomic mass is 32.2. The Morgan fingerprint density at radius 3 is 2.04 bits per heavy atom. The third kappa shape index (κ3) is 20.6. The minimum absolute atomic E-state index is 0.0231. The van der Waals surface area contributed by atoms with Gasteiger partial charge in [0.25, 0.3) is 10.1 Å². The van der Waals surface area contributed by atoms with E-state index in [1.165, 1.54) is 6.92 Å². The number of β-amino-alcohol motifs (C(OH)–C–C–N with tert-alkyl or cyclic N) is 1. The van der Waals surface area contributed by atoms with Crippen LogP contribution in [0.4, 0.5) is 0 Å². The van der Waals surface area contributed by atoms with Crippen LogP contribution in [0, 0.1) is 0 Å². The number of nitrogens with one attached hydrogen (secondary N) is 1. The van der Waals surface area contributed by atoms with E-state index in [0.29, 0.717) is 6.61 Å². The fourth-order valence-corrected chi connectivity index (χ4v) is 1.48. The summed E-state index contributed by atoms with van der Waals surface area (Å²) in [6.45, 7) is 6.80. The average molecular weight is 387 g/mol. The first-order valence-corrected chi connectivity index (χ1v) is 9.33. The standard InChI is InChI=1S/C6H14N2O.C5H9NO4.C2H6O3S/c9-6-5-8-3-1-7-2-4-8;6-3(5(9)10)1-2-4(7)8;1-2-6(3,4)5/h7,9H,1-6H2;3H,1-2,6H2,(H,7,8)(H,9,10);2H2,1H3,(H,3,4,5)/t;3-;/m.0./s1. The summed E-state index contributed by atoms with van der Waals surface area (Å²) in [5, 5.41) is 28.1. The zero-order chi connectivity index (χ0) is 19.9. The van der Waals surface area contributed by atoms with Crippen molar-refractivity contribution in [3.63, 3.8) is 0 Å². The Bertz CT molecular complexity index is 463. The van der Waals surface area contributed by atoms with Crippen molar-refractivity contribution in [1.29, 1.82) is 0 Å². The molecule has 0 amide bonds. The van der Waals surface area contributed by atoms with Crippen molar-refractivity contribution in [3.05, 3.63) is 0 Å². The molecule has 0 spiro atoms. The van der Waals surface area contributed by atoms with Gasteiger partial charge in [0.05, 0.1) is 12.4 Å². The number of aliphatic hydroxyl groups excluding tert-OH is 1. The summed E-state index contributed by atoms with van der Waals surface area (Å²) in [5.41, 5.74) is 5.00. The summed E-state index contributed by atoms with van der Waals surface area (Å²) < 4.78 is 26.9. The third-order valence-corrected chi connectivity index (χ3v) is 3.71. The predicted octanol–water partition coefficient (Wildman–Crippen LogP) is -1.96. The third-order valence-electron chi connectivity index (χ3n) is 2.98. The summed E-state index contributed by atoms with van der Waals surface area (Å²) in [4.78, 5) is 22.1. The van der Waals surface area contributed by atoms with Crippen LogP contribution < -0.4 is 11.1 Å². The number of carbonyl (C=O) groups is 2. The molecule has 0 bridgehead atoms. The van der Waals surface area contributed by atoms with E-state index in [0.717, 1.165) is 32.7 Å². The van der Waals surface area contributed by atoms with E-state index in [1.54, 1.807) is 0 Å². The van der Waals surface area contributed by atoms with E-state index < -0.39 is 28.1 Å². The van der Waals surface area contributed by atoms with Gasteiger partial charge < -0.3 is 26.4 Å². The molecule has 0 aromatic rings. The quantitative estimate of drug-likeness (QED) is 0.266. The molecular weight excluding hydrogens is 358 g/mol. The highest BCUT2D eigenvalue weighted by Crippen LogP contribution is 1.93. The lowest BCUT2D eigenvalue weighted by Crippen LogP contribution is -2.44. The molecule has 150 valence electrons. The van der Waals surface area contributed by atoms with Gasteiger partial charge in [0.2, 0.25) is 0 Å². The van der Waals surface area contributed by atoms with Crippen LogP contribution >= 0.6 is 0 Å². The molecule has 25 heavy (non-hydrogen) atoms. The molecule has 7 N–H and O–H groups in total. The van der Waals surface area contributed by atoms with E-state index in [4.69, 9.17) is 25.6 Å². The molecule has 1 aliphatic rings. The predicted molar refractivity (Wildman–Crippen MR) is 91.0 cm³/mol. The van der Waals surface area contributed by atoms with E-state index in [2.05, 4.69) is 10.2 Å². The number of aliphatic carboxylic acids is 2. The smallest absolute Gasteiger partial charge is 0.320 e. The van der Waals surface area contributed by atoms with E-state index in [-0.39, 0.29) is 18.6 Å². The summed E-state index contributed by atoms with van der Waals surface area (Å²) >= 11 is 0. The van der Waals surface area contributed by atoms with Crippen molar-refractivity contribution in [1.82, 2.24) is 10.2 Å². The molecule has 0 radical (unpaired) electrons. The maximum atomic E-state index is 9.99. The minimum Gasteiger partial charge on any atom is -0.481 e. The number of hydrogen-bond donors (Lipinski definition) is 6. The lowest BCUT2D eigenvalue weighted by molar-refractivity contribution is -0.139. The van der Waals surface area contributed by atoms with Crippen molar-refractivity contribution in [2.75, 3.05) is 45.1 Å². The number of nitrogens with zero attached hydrogens (tertiary/aromatic N) is 1. The Morgan fingerprint density at radius 2 is 1.72 bits per heavy atom. The molecule has 1 aliphatic heterocycles. The van der Waals surface area contributed by atoms with Crippen molar-refractivity contribution in [2.24, 2.45) is 5.73 Å². The molecule has 1 atom stereocenters. The highest BCUT2D eigenvalue weighted by Gasteiger charge is 2.12. The fraction of sp³-hybridized carbons (Fsp3) is 0.846. The van der Waals surface area contributed by atoms with Crippen LogP contribution in [0.1, 0.15) is 19.8 Å². The molecular formula is C13H29N3O8S. The van der Waals surface area contributed by atoms with Crippen LogP contribution in [0.2, 0.25) is 0 Å². The van der Waals surface area contributed by atoms with Gasteiger partial charge in [-0.2, -0.15) is 8.42 Å². The Kier molecular flexibility index (Phi) is 15.5. The molecule has 1 rings (SSSR count). The number of hydrogen-bond acceptors (Lipinski definition) is 8. The van der Waals surface area contributed by atoms with Crippen LogP contribution in [0.3, 0.4) is 0 Å². The molecule has 1 fully saturated rings. The first kappa shape index (κ1) is 25.9. The Balaban J connectivity index is 0. The first-order valence-electron chi connectivity index (χ1n) is 7.72. The minimum atomic E-state index is -3.66. The van der Waals surface area contributed by atoms with Gasteiger partial charge in [-0.05, 0) is 13.3 Å². The second-order valence-corrected chi connectivity index (χ2v) is 6.80. The van der Waals surface area contributed by atoms with Crippen LogP contribution in [0.5, 0.6) is 0 Å². The Morgan fingerprint density at radius 1 is 1.24 bits per heavy atom. The molecule has 0 saturated carbocycles. The largest absolute Gasteiger partial charge is 0.481 e. The number of rotatable bonds is 7. The van der Waals surface area contributed by atoms with Gasteiger partial charge in [0.1, 0.15) is 6.04 Å². The van der Waals surface area contributed by atoms with Gasteiger partial charge in [-0.15, -0.1) is 0 Å². The summed E-state index contributed by atoms with van der Waals surface area (Å²) in [5.74, 6) is -2.40. The maximum Gasteiger partial charge on any atom is 0.320 e. The SMILES string of the molecule is CCS(=O)(=O)O.N[C@@H](CCC(=O)O)C(=O)O.OCCN1CCNCC1. The zero-order valence-electron chi connectivity index (χ0n) is 14.3. The molecule has 0 unspecified atom stereocenters. The summed E-state index contributed by atoms with van der Waals surface area (Å²) in [6.07, 6.45) is -0.224. The molecule has 0 aromatic carbocycles. The topological polar surface area (TPSA) is 190 Å². The molecule has 1 heterocycles. The lowest BCUT2D eigenvalue weighted by atomic mass is 10.2. The van der Waals surface area contributed by atoms with Crippen LogP contribution in [0.15, 0.2) is 0 Å². The van der Waals surface area contributed by atoms with Gasteiger partial charge in [0.15, 0.2) is 0 Å². The number of carboxylic acids is 2. The molecule has 1 saturated heterocycles. The number of nitrogens with two attached hydrogens (primary N) is 1. The lowest BCUT2D eigenvalue weighted by Gasteiger charge is -2.25. The Labute approximate surface area is 147 Å². The monoisotopic (exact) mass is 387 g/mol. The van der Waals surface area contributed by atoms with E-state index in [1.807, 2.05) is 0 Å². The van der Waals surface area contributed by atoms with Crippen molar-refractivity contribution in [3.8, 4) is 0 Å². The van der Waals surface area contributed by atoms with Gasteiger partial charge in [0, 0.05) is 39.1 Å². The summed E-state index contributed by atoms with van der Waals surface area (Å²) in [7, 11) is -3.66. The molecule has 0 aromatic heterocycles. The second kappa shape index (κ2) is 15.0. The van der Waals surface area contributed by atoms with Gasteiger partial charge in [-0.1, -0.05) is 0 Å². The average Bonchev–Trinajstić information content (AvgIpc) is 2.54. The van der Waals surface area contributed by atoms with Gasteiger partial charge in [-0.25, -0.2) is 0 Å². The van der Waals surface area contributed by atoms with Crippen molar-refractivity contribution in [2.45, 2.75) is 25.8 Å². The zero-order valence-corrected chi connectivity index (χ0v) is 15.1. The maximum absolute atomic E-state index is 9.99. The van der Waals surface area contributed by atoms with E-state index in [9.17, 15) is 18.0 Å². The Hall–Kier alpha value is -1.31. The fourth-order valence-electron chi connectivity index (χ4n) is 1.48. The number of aliphatic hydroxyl groups is 1. The molecule has 11 nitrogen and oxygen atoms in total. The van der Waals surface area contributed by atoms with Gasteiger partial charge in [-0.3, -0.25) is 19.0 Å². The highest BCUT2D eigenvalue weighted by molar-refractivity contribution is 7.85. The molecule has 12 heteroatoms. The number of carboxylic acid groups (broad SMARTS) is 2. The van der Waals surface area contributed by atoms with Gasteiger partial charge >= 0.3 is 11.9 Å².